The topological polar surface area (TPSA) is 81.7 Å². The summed E-state index contributed by atoms with van der Waals surface area (Å²) in [6, 6.07) is 8.77. The zero-order valence-corrected chi connectivity index (χ0v) is 19.9. The minimum absolute atomic E-state index is 0.282. The Bertz CT molecular complexity index is 1250. The van der Waals surface area contributed by atoms with E-state index >= 15 is 0 Å². The molecule has 6 rings (SSSR count). The first-order valence-corrected chi connectivity index (χ1v) is 12.9. The fourth-order valence-corrected chi connectivity index (χ4v) is 6.18. The van der Waals surface area contributed by atoms with Gasteiger partial charge in [-0.25, -0.2) is 13.5 Å². The first kappa shape index (κ1) is 22.2. The van der Waals surface area contributed by atoms with Crippen molar-refractivity contribution in [2.45, 2.75) is 35.7 Å². The van der Waals surface area contributed by atoms with Crippen LogP contribution in [0, 0.1) is 11.3 Å². The number of hydrogen-bond donors (Lipinski definition) is 1. The maximum absolute atomic E-state index is 13.1. The molecule has 0 aromatic carbocycles. The molecule has 12 heteroatoms. The van der Waals surface area contributed by atoms with Gasteiger partial charge in [0.25, 0.3) is 6.43 Å². The van der Waals surface area contributed by atoms with Crippen LogP contribution in [0.15, 0.2) is 29.3 Å². The summed E-state index contributed by atoms with van der Waals surface area (Å²) in [5.41, 5.74) is 2.32. The van der Waals surface area contributed by atoms with E-state index in [2.05, 4.69) is 36.9 Å². The molecule has 8 nitrogen and oxygen atoms in total. The highest BCUT2D eigenvalue weighted by atomic mass is 32.2. The highest BCUT2D eigenvalue weighted by Gasteiger charge is 2.43. The molecule has 0 spiro atoms. The number of pyridine rings is 1. The second kappa shape index (κ2) is 8.73. The van der Waals surface area contributed by atoms with Crippen molar-refractivity contribution >= 4 is 34.5 Å². The average Bonchev–Trinajstić information content (AvgIpc) is 3.25. The van der Waals surface area contributed by atoms with Crippen LogP contribution in [0.1, 0.15) is 24.3 Å². The summed E-state index contributed by atoms with van der Waals surface area (Å²) in [4.78, 5) is 5.81. The molecule has 1 N–H and O–H groups in total. The molecule has 1 aliphatic carbocycles. The highest BCUT2D eigenvalue weighted by Crippen LogP contribution is 2.40. The minimum atomic E-state index is -2.64. The van der Waals surface area contributed by atoms with E-state index in [9.17, 15) is 14.0 Å². The lowest BCUT2D eigenvalue weighted by atomic mass is 10.1. The summed E-state index contributed by atoms with van der Waals surface area (Å²) < 4.78 is 37.3. The number of alkyl halides is 2. The first-order chi connectivity index (χ1) is 16.5. The van der Waals surface area contributed by atoms with Crippen molar-refractivity contribution in [2.75, 3.05) is 44.3 Å². The smallest absolute Gasteiger partial charge is 0.291 e. The van der Waals surface area contributed by atoms with Crippen LogP contribution in [-0.2, 0) is 4.74 Å². The molecule has 178 valence electrons. The number of halogens is 2. The number of fused-ring (bicyclic) bond motifs is 2. The molecule has 1 atom stereocenters. The van der Waals surface area contributed by atoms with Gasteiger partial charge in [-0.3, -0.25) is 4.90 Å². The van der Waals surface area contributed by atoms with E-state index in [1.165, 1.54) is 11.9 Å². The van der Waals surface area contributed by atoms with Crippen LogP contribution in [0.3, 0.4) is 0 Å². The lowest BCUT2D eigenvalue weighted by Crippen LogP contribution is -2.58. The van der Waals surface area contributed by atoms with Gasteiger partial charge < -0.3 is 14.0 Å². The van der Waals surface area contributed by atoms with Crippen molar-refractivity contribution in [3.05, 3.63) is 29.4 Å². The van der Waals surface area contributed by atoms with E-state index in [1.807, 2.05) is 22.7 Å². The Morgan fingerprint density at radius 2 is 2.15 bits per heavy atom. The van der Waals surface area contributed by atoms with E-state index in [1.54, 1.807) is 0 Å². The van der Waals surface area contributed by atoms with Crippen molar-refractivity contribution in [3.63, 3.8) is 0 Å². The molecule has 3 fully saturated rings. The Hall–Kier alpha value is -2.30. The summed E-state index contributed by atoms with van der Waals surface area (Å²) in [7, 11) is 0. The monoisotopic (exact) mass is 503 g/mol. The number of anilines is 1. The molecule has 2 aliphatic heterocycles. The van der Waals surface area contributed by atoms with Crippen molar-refractivity contribution in [3.8, 4) is 16.8 Å². The quantitative estimate of drug-likeness (QED) is 0.512. The molecule has 34 heavy (non-hydrogen) atoms. The third kappa shape index (κ3) is 4.05. The van der Waals surface area contributed by atoms with Gasteiger partial charge in [0.1, 0.15) is 5.54 Å². The summed E-state index contributed by atoms with van der Waals surface area (Å²) in [5.74, 6) is 0. The van der Waals surface area contributed by atoms with Crippen LogP contribution in [0.2, 0.25) is 0 Å². The van der Waals surface area contributed by atoms with Crippen LogP contribution >= 0.6 is 23.3 Å². The fourth-order valence-electron chi connectivity index (χ4n) is 4.56. The van der Waals surface area contributed by atoms with Crippen LogP contribution in [0.25, 0.3) is 16.2 Å². The van der Waals surface area contributed by atoms with Crippen molar-refractivity contribution in [1.82, 2.24) is 24.2 Å². The molecule has 3 aromatic rings. The van der Waals surface area contributed by atoms with Crippen LogP contribution in [0.4, 0.5) is 14.5 Å². The second-order valence-electron chi connectivity index (χ2n) is 8.89. The number of nitriles is 1. The molecule has 2 saturated heterocycles. The maximum atomic E-state index is 13.1. The predicted octanol–water partition coefficient (Wildman–Crippen LogP) is 3.57. The molecule has 5 heterocycles. The minimum Gasteiger partial charge on any atom is -0.378 e. The lowest BCUT2D eigenvalue weighted by molar-refractivity contribution is -0.0116. The number of nitrogens with zero attached hydrogens (tertiary/aromatic N) is 6. The van der Waals surface area contributed by atoms with Gasteiger partial charge in [0.2, 0.25) is 0 Å². The Kier molecular flexibility index (Phi) is 5.69. The average molecular weight is 504 g/mol. The molecular formula is C22H23F2N7OS2. The highest BCUT2D eigenvalue weighted by molar-refractivity contribution is 7.97. The molecule has 3 aromatic heterocycles. The van der Waals surface area contributed by atoms with Crippen LogP contribution in [0.5, 0.6) is 0 Å². The molecule has 0 bridgehead atoms. The summed E-state index contributed by atoms with van der Waals surface area (Å²) >= 11 is 2.35. The van der Waals surface area contributed by atoms with Gasteiger partial charge in [-0.05, 0) is 43.0 Å². The summed E-state index contributed by atoms with van der Waals surface area (Å²) in [5, 5.41) is 17.3. The van der Waals surface area contributed by atoms with Crippen LogP contribution in [-0.4, -0.2) is 70.5 Å². The maximum Gasteiger partial charge on any atom is 0.291 e. The molecular weight excluding hydrogens is 480 g/mol. The Morgan fingerprint density at radius 3 is 2.91 bits per heavy atom. The number of hydrogen-bond acceptors (Lipinski definition) is 9. The molecule has 1 unspecified atom stereocenters. The predicted molar refractivity (Wildman–Crippen MR) is 126 cm³/mol. The first-order valence-electron chi connectivity index (χ1n) is 11.2. The number of morpholine rings is 1. The zero-order chi connectivity index (χ0) is 23.3. The van der Waals surface area contributed by atoms with Crippen molar-refractivity contribution < 1.29 is 13.5 Å². The summed E-state index contributed by atoms with van der Waals surface area (Å²) in [6.45, 7) is 5.18. The zero-order valence-electron chi connectivity index (χ0n) is 18.3. The van der Waals surface area contributed by atoms with Gasteiger partial charge in [-0.2, -0.15) is 5.26 Å². The largest absolute Gasteiger partial charge is 0.378 e. The van der Waals surface area contributed by atoms with Gasteiger partial charge in [-0.15, -0.1) is 10.2 Å². The van der Waals surface area contributed by atoms with E-state index in [0.717, 1.165) is 85.4 Å². The lowest BCUT2D eigenvalue weighted by Gasteiger charge is -2.44. The van der Waals surface area contributed by atoms with Crippen molar-refractivity contribution in [1.29, 1.82) is 5.26 Å². The fraction of sp³-hybridized carbons (Fsp3) is 0.500. The Morgan fingerprint density at radius 1 is 1.26 bits per heavy atom. The third-order valence-corrected chi connectivity index (χ3v) is 8.57. The standard InChI is InChI=1S/C22H23F2N7OS2/c23-19(24)21-27-26-20(33-21)17-2-1-16-18(30-6-5-29-7-8-32-12-14(29)10-30)9-15(11-31(16)17)34-28-22(13-25)3-4-22/h1-2,9,11,14,19,28H,3-8,10,12H2. The van der Waals surface area contributed by atoms with Gasteiger partial charge in [-0.1, -0.05) is 11.3 Å². The molecule has 3 aliphatic rings. The summed E-state index contributed by atoms with van der Waals surface area (Å²) in [6.07, 6.45) is 1.01. The van der Waals surface area contributed by atoms with E-state index < -0.39 is 12.0 Å². The van der Waals surface area contributed by atoms with Gasteiger partial charge >= 0.3 is 0 Å². The van der Waals surface area contributed by atoms with E-state index in [4.69, 9.17) is 4.74 Å². The second-order valence-corrected chi connectivity index (χ2v) is 10.8. The van der Waals surface area contributed by atoms with E-state index in [-0.39, 0.29) is 5.01 Å². The van der Waals surface area contributed by atoms with Crippen LogP contribution < -0.4 is 9.62 Å². The number of ether oxygens (including phenoxy) is 1. The van der Waals surface area contributed by atoms with Gasteiger partial charge in [0, 0.05) is 37.3 Å². The molecule has 0 amide bonds. The van der Waals surface area contributed by atoms with Gasteiger partial charge in [0.15, 0.2) is 10.0 Å². The number of rotatable bonds is 6. The molecule has 0 radical (unpaired) electrons. The SMILES string of the molecule is N#CC1(NSc2cc(N3CCN4CCOCC4C3)c3ccc(-c4nnc(C(F)F)s4)n3c2)CC1. The van der Waals surface area contributed by atoms with Crippen molar-refractivity contribution in [2.24, 2.45) is 0 Å². The Labute approximate surface area is 203 Å². The number of aromatic nitrogens is 3. The Balaban J connectivity index is 1.38. The number of piperazine rings is 1. The van der Waals surface area contributed by atoms with Gasteiger partial charge in [0.05, 0.1) is 42.2 Å². The third-order valence-electron chi connectivity index (χ3n) is 6.67. The van der Waals surface area contributed by atoms with E-state index in [0.29, 0.717) is 11.0 Å². The number of nitrogens with one attached hydrogen (secondary N) is 1. The normalized spacial score (nSPS) is 22.2. The molecule has 1 saturated carbocycles.